The molecule has 0 unspecified atom stereocenters. The van der Waals surface area contributed by atoms with Crippen molar-refractivity contribution in [2.24, 2.45) is 5.41 Å². The van der Waals surface area contributed by atoms with Crippen LogP contribution in [0.1, 0.15) is 65.2 Å². The molecule has 0 radical (unpaired) electrons. The molecule has 0 aliphatic carbocycles. The molecular formula is C24H39N3O4S. The fourth-order valence-electron chi connectivity index (χ4n) is 3.82. The third kappa shape index (κ3) is 5.70. The van der Waals surface area contributed by atoms with Gasteiger partial charge in [-0.1, -0.05) is 53.7 Å². The van der Waals surface area contributed by atoms with Gasteiger partial charge in [0.1, 0.15) is 6.04 Å². The number of nitrogens with one attached hydrogen (secondary N) is 1. The van der Waals surface area contributed by atoms with Gasteiger partial charge in [0.15, 0.2) is 0 Å². The molecule has 1 aliphatic heterocycles. The van der Waals surface area contributed by atoms with Gasteiger partial charge >= 0.3 is 0 Å². The lowest BCUT2D eigenvalue weighted by Crippen LogP contribution is -2.56. The van der Waals surface area contributed by atoms with Gasteiger partial charge in [-0.15, -0.1) is 0 Å². The zero-order valence-corrected chi connectivity index (χ0v) is 21.8. The summed E-state index contributed by atoms with van der Waals surface area (Å²) in [6.45, 7) is 18.1. The number of sulfonamides is 1. The topological polar surface area (TPSA) is 86.8 Å². The molecule has 180 valence electrons. The number of nitrogens with zero attached hydrogens (tertiary/aromatic N) is 2. The maximum Gasteiger partial charge on any atom is 0.244 e. The summed E-state index contributed by atoms with van der Waals surface area (Å²) in [5.74, 6) is -0.384. The monoisotopic (exact) mass is 465 g/mol. The van der Waals surface area contributed by atoms with E-state index in [0.717, 1.165) is 16.7 Å². The highest BCUT2D eigenvalue weighted by atomic mass is 32.2. The maximum atomic E-state index is 13.4. The normalized spacial score (nSPS) is 17.2. The van der Waals surface area contributed by atoms with Gasteiger partial charge in [0, 0.05) is 31.6 Å². The van der Waals surface area contributed by atoms with Crippen LogP contribution in [0.15, 0.2) is 17.0 Å². The van der Waals surface area contributed by atoms with Gasteiger partial charge in [-0.3, -0.25) is 9.59 Å². The molecule has 1 atom stereocenters. The highest BCUT2D eigenvalue weighted by Crippen LogP contribution is 2.31. The van der Waals surface area contributed by atoms with Crippen LogP contribution in [0.4, 0.5) is 0 Å². The van der Waals surface area contributed by atoms with Crippen LogP contribution in [0.25, 0.3) is 0 Å². The zero-order chi connectivity index (χ0) is 24.6. The summed E-state index contributed by atoms with van der Waals surface area (Å²) in [5, 5.41) is 2.75. The molecule has 1 aromatic rings. The predicted octanol–water partition coefficient (Wildman–Crippen LogP) is 2.98. The predicted molar refractivity (Wildman–Crippen MR) is 127 cm³/mol. The minimum atomic E-state index is -3.67. The summed E-state index contributed by atoms with van der Waals surface area (Å²) in [6.07, 6.45) is 0. The summed E-state index contributed by atoms with van der Waals surface area (Å²) >= 11 is 0. The third-order valence-electron chi connectivity index (χ3n) is 5.87. The molecule has 1 saturated heterocycles. The Morgan fingerprint density at radius 2 is 1.41 bits per heavy atom. The molecule has 1 aliphatic rings. The molecular weight excluding hydrogens is 426 g/mol. The van der Waals surface area contributed by atoms with Gasteiger partial charge < -0.3 is 10.2 Å². The van der Waals surface area contributed by atoms with Crippen molar-refractivity contribution < 1.29 is 18.0 Å². The fraction of sp³-hybridized carbons (Fsp3) is 0.667. The van der Waals surface area contributed by atoms with Gasteiger partial charge in [0.2, 0.25) is 21.8 Å². The fourth-order valence-corrected chi connectivity index (χ4v) is 5.65. The molecule has 2 rings (SSSR count). The zero-order valence-electron chi connectivity index (χ0n) is 21.0. The van der Waals surface area contributed by atoms with E-state index in [0.29, 0.717) is 18.0 Å². The van der Waals surface area contributed by atoms with Gasteiger partial charge in [-0.05, 0) is 42.9 Å². The Balaban J connectivity index is 2.13. The third-order valence-corrected chi connectivity index (χ3v) is 8.08. The molecule has 32 heavy (non-hydrogen) atoms. The highest BCUT2D eigenvalue weighted by Gasteiger charge is 2.34. The van der Waals surface area contributed by atoms with Gasteiger partial charge in [-0.25, -0.2) is 8.42 Å². The second-order valence-electron chi connectivity index (χ2n) is 10.9. The number of hydrogen-bond donors (Lipinski definition) is 1. The van der Waals surface area contributed by atoms with Crippen LogP contribution in [0.2, 0.25) is 0 Å². The molecule has 1 N–H and O–H groups in total. The molecule has 1 heterocycles. The standard InChI is InChI=1S/C24H39N3O4S/c1-16-14-19(23(4,5)6)15-17(2)20(16)32(30,31)27-12-10-26(11-13-27)21(28)18(3)25-22(29)24(7,8)9/h14-15,18H,10-13H2,1-9H3,(H,25,29)/t18-/m1/s1. The smallest absolute Gasteiger partial charge is 0.244 e. The molecule has 0 saturated carbocycles. The lowest BCUT2D eigenvalue weighted by atomic mass is 9.85. The van der Waals surface area contributed by atoms with Crippen molar-refractivity contribution in [3.63, 3.8) is 0 Å². The summed E-state index contributed by atoms with van der Waals surface area (Å²) in [7, 11) is -3.67. The number of carbonyl (C=O) groups is 2. The second-order valence-corrected chi connectivity index (χ2v) is 12.7. The van der Waals surface area contributed by atoms with E-state index in [-0.39, 0.29) is 30.3 Å². The van der Waals surface area contributed by atoms with Crippen molar-refractivity contribution in [3.05, 3.63) is 28.8 Å². The van der Waals surface area contributed by atoms with Crippen molar-refractivity contribution >= 4 is 21.8 Å². The minimum Gasteiger partial charge on any atom is -0.344 e. The van der Waals surface area contributed by atoms with Crippen LogP contribution in [-0.2, 0) is 25.0 Å². The number of carbonyl (C=O) groups excluding carboxylic acids is 2. The van der Waals surface area contributed by atoms with Crippen LogP contribution >= 0.6 is 0 Å². The second kappa shape index (κ2) is 9.14. The molecule has 1 aromatic carbocycles. The highest BCUT2D eigenvalue weighted by molar-refractivity contribution is 7.89. The van der Waals surface area contributed by atoms with Crippen molar-refractivity contribution in [2.45, 2.75) is 78.7 Å². The molecule has 7 nitrogen and oxygen atoms in total. The number of benzene rings is 1. The number of amides is 2. The first-order chi connectivity index (χ1) is 14.5. The SMILES string of the molecule is Cc1cc(C(C)(C)C)cc(C)c1S(=O)(=O)N1CCN(C(=O)[C@@H](C)NC(=O)C(C)(C)C)CC1. The quantitative estimate of drug-likeness (QED) is 0.741. The lowest BCUT2D eigenvalue weighted by molar-refractivity contribution is -0.139. The van der Waals surface area contributed by atoms with Crippen molar-refractivity contribution in [1.29, 1.82) is 0 Å². The Kier molecular flexibility index (Phi) is 7.52. The largest absolute Gasteiger partial charge is 0.344 e. The molecule has 0 spiro atoms. The van der Waals surface area contributed by atoms with Crippen LogP contribution in [-0.4, -0.2) is 61.7 Å². The van der Waals surface area contributed by atoms with E-state index in [9.17, 15) is 18.0 Å². The van der Waals surface area contributed by atoms with E-state index in [1.807, 2.05) is 26.0 Å². The lowest BCUT2D eigenvalue weighted by Gasteiger charge is -2.36. The number of rotatable bonds is 4. The maximum absolute atomic E-state index is 13.4. The number of piperazine rings is 1. The Labute approximate surface area is 193 Å². The molecule has 2 amide bonds. The summed E-state index contributed by atoms with van der Waals surface area (Å²) in [4.78, 5) is 26.9. The van der Waals surface area contributed by atoms with E-state index in [1.165, 1.54) is 4.31 Å². The Bertz CT molecular complexity index is 956. The minimum absolute atomic E-state index is 0.0666. The van der Waals surface area contributed by atoms with Crippen molar-refractivity contribution in [1.82, 2.24) is 14.5 Å². The first kappa shape index (κ1) is 26.3. The average molecular weight is 466 g/mol. The van der Waals surface area contributed by atoms with E-state index in [2.05, 4.69) is 26.1 Å². The molecule has 8 heteroatoms. The van der Waals surface area contributed by atoms with Crippen LogP contribution in [0.3, 0.4) is 0 Å². The number of hydrogen-bond acceptors (Lipinski definition) is 4. The first-order valence-corrected chi connectivity index (χ1v) is 12.6. The van der Waals surface area contributed by atoms with Gasteiger partial charge in [-0.2, -0.15) is 4.31 Å². The molecule has 0 bridgehead atoms. The average Bonchev–Trinajstić information content (AvgIpc) is 2.65. The van der Waals surface area contributed by atoms with Crippen LogP contribution < -0.4 is 5.32 Å². The van der Waals surface area contributed by atoms with Crippen LogP contribution in [0, 0.1) is 19.3 Å². The van der Waals surface area contributed by atoms with Crippen molar-refractivity contribution in [2.75, 3.05) is 26.2 Å². The Hall–Kier alpha value is -1.93. The van der Waals surface area contributed by atoms with Crippen LogP contribution in [0.5, 0.6) is 0 Å². The molecule has 1 fully saturated rings. The summed E-state index contributed by atoms with van der Waals surface area (Å²) in [6, 6.07) is 3.26. The van der Waals surface area contributed by atoms with E-state index >= 15 is 0 Å². The van der Waals surface area contributed by atoms with E-state index < -0.39 is 21.5 Å². The Morgan fingerprint density at radius 1 is 0.938 bits per heavy atom. The van der Waals surface area contributed by atoms with Gasteiger partial charge in [0.05, 0.1) is 4.90 Å². The van der Waals surface area contributed by atoms with E-state index in [1.54, 1.807) is 32.6 Å². The number of aryl methyl sites for hydroxylation is 2. The van der Waals surface area contributed by atoms with E-state index in [4.69, 9.17) is 0 Å². The van der Waals surface area contributed by atoms with Gasteiger partial charge in [0.25, 0.3) is 0 Å². The Morgan fingerprint density at radius 3 is 1.81 bits per heavy atom. The summed E-state index contributed by atoms with van der Waals surface area (Å²) < 4.78 is 28.3. The first-order valence-electron chi connectivity index (χ1n) is 11.2. The summed E-state index contributed by atoms with van der Waals surface area (Å²) in [5.41, 5.74) is 1.94. The van der Waals surface area contributed by atoms with Crippen molar-refractivity contribution in [3.8, 4) is 0 Å². The molecule has 0 aromatic heterocycles.